The van der Waals surface area contributed by atoms with Crippen molar-refractivity contribution in [2.45, 2.75) is 31.2 Å². The number of carbonyl (C=O) groups is 1. The molecule has 0 aliphatic carbocycles. The van der Waals surface area contributed by atoms with Crippen molar-refractivity contribution in [1.82, 2.24) is 20.0 Å². The summed E-state index contributed by atoms with van der Waals surface area (Å²) < 4.78 is 23.1. The zero-order chi connectivity index (χ0) is 16.4. The van der Waals surface area contributed by atoms with Gasteiger partial charge in [-0.25, -0.2) is 8.42 Å². The Labute approximate surface area is 137 Å². The average Bonchev–Trinajstić information content (AvgIpc) is 3.16. The molecule has 128 valence electrons. The molecule has 0 aromatic carbocycles. The number of rotatable bonds is 4. The number of amides is 1. The van der Waals surface area contributed by atoms with Gasteiger partial charge >= 0.3 is 0 Å². The molecule has 1 aromatic rings. The smallest absolute Gasteiger partial charge is 0.236 e. The highest BCUT2D eigenvalue weighted by atomic mass is 32.2. The fraction of sp³-hybridized carbons (Fsp3) is 0.733. The lowest BCUT2D eigenvalue weighted by Gasteiger charge is -2.33. The Balaban J connectivity index is 1.47. The average molecular weight is 340 g/mol. The molecule has 3 heterocycles. The van der Waals surface area contributed by atoms with Crippen molar-refractivity contribution in [3.63, 3.8) is 0 Å². The van der Waals surface area contributed by atoms with Gasteiger partial charge in [0.1, 0.15) is 0 Å². The van der Waals surface area contributed by atoms with Crippen molar-refractivity contribution < 1.29 is 13.2 Å². The maximum atomic E-state index is 12.4. The van der Waals surface area contributed by atoms with Crippen LogP contribution in [0.15, 0.2) is 12.3 Å². The summed E-state index contributed by atoms with van der Waals surface area (Å²) in [5.41, 5.74) is 1.17. The molecule has 7 nitrogen and oxygen atoms in total. The fourth-order valence-electron chi connectivity index (χ4n) is 3.48. The van der Waals surface area contributed by atoms with Gasteiger partial charge in [0.05, 0.1) is 18.1 Å². The number of hydrogen-bond donors (Lipinski definition) is 1. The van der Waals surface area contributed by atoms with E-state index in [1.54, 1.807) is 18.1 Å². The Bertz CT molecular complexity index is 636. The van der Waals surface area contributed by atoms with Crippen LogP contribution in [0.1, 0.15) is 30.9 Å². The van der Waals surface area contributed by atoms with Gasteiger partial charge in [-0.15, -0.1) is 0 Å². The van der Waals surface area contributed by atoms with Crippen molar-refractivity contribution in [3.8, 4) is 0 Å². The first kappa shape index (κ1) is 16.4. The molecule has 2 fully saturated rings. The molecule has 0 saturated carbocycles. The van der Waals surface area contributed by atoms with E-state index in [4.69, 9.17) is 0 Å². The Morgan fingerprint density at radius 3 is 2.70 bits per heavy atom. The Kier molecular flexibility index (Phi) is 4.72. The van der Waals surface area contributed by atoms with Gasteiger partial charge in [-0.05, 0) is 38.4 Å². The van der Waals surface area contributed by atoms with Crippen LogP contribution < -0.4 is 0 Å². The molecule has 1 amide bonds. The van der Waals surface area contributed by atoms with Crippen LogP contribution in [0.2, 0.25) is 0 Å². The fourth-order valence-corrected chi connectivity index (χ4v) is 5.26. The van der Waals surface area contributed by atoms with Crippen molar-refractivity contribution >= 4 is 15.7 Å². The van der Waals surface area contributed by atoms with Crippen LogP contribution in [0.5, 0.6) is 0 Å². The van der Waals surface area contributed by atoms with Gasteiger partial charge in [0.25, 0.3) is 0 Å². The van der Waals surface area contributed by atoms with E-state index in [2.05, 4.69) is 15.1 Å². The second-order valence-electron chi connectivity index (χ2n) is 6.62. The summed E-state index contributed by atoms with van der Waals surface area (Å²) in [6.07, 6.45) is 4.36. The first-order chi connectivity index (χ1) is 10.9. The lowest BCUT2D eigenvalue weighted by atomic mass is 9.94. The van der Waals surface area contributed by atoms with E-state index in [-0.39, 0.29) is 23.5 Å². The normalized spacial score (nSPS) is 25.5. The lowest BCUT2D eigenvalue weighted by molar-refractivity contribution is -0.133. The van der Waals surface area contributed by atoms with Gasteiger partial charge in [-0.3, -0.25) is 14.8 Å². The quantitative estimate of drug-likeness (QED) is 0.848. The van der Waals surface area contributed by atoms with Gasteiger partial charge in [0.2, 0.25) is 5.91 Å². The van der Waals surface area contributed by atoms with Crippen LogP contribution >= 0.6 is 0 Å². The van der Waals surface area contributed by atoms with E-state index < -0.39 is 9.84 Å². The first-order valence-electron chi connectivity index (χ1n) is 8.12. The summed E-state index contributed by atoms with van der Waals surface area (Å²) in [6.45, 7) is 2.14. The van der Waals surface area contributed by atoms with Crippen LogP contribution in [-0.4, -0.2) is 78.6 Å². The molecule has 8 heteroatoms. The number of hydrogen-bond acceptors (Lipinski definition) is 5. The van der Waals surface area contributed by atoms with Crippen molar-refractivity contribution in [1.29, 1.82) is 0 Å². The molecular formula is C15H24N4O3S. The molecule has 0 bridgehead atoms. The number of piperidine rings is 1. The summed E-state index contributed by atoms with van der Waals surface area (Å²) in [5, 5.41) is 7.02. The molecule has 1 N–H and O–H groups in total. The highest BCUT2D eigenvalue weighted by molar-refractivity contribution is 7.91. The molecule has 1 unspecified atom stereocenters. The van der Waals surface area contributed by atoms with Gasteiger partial charge in [0, 0.05) is 30.9 Å². The second-order valence-corrected chi connectivity index (χ2v) is 8.85. The van der Waals surface area contributed by atoms with Crippen LogP contribution in [0, 0.1) is 0 Å². The summed E-state index contributed by atoms with van der Waals surface area (Å²) in [4.78, 5) is 16.2. The number of carbonyl (C=O) groups excluding carboxylic acids is 1. The van der Waals surface area contributed by atoms with Crippen LogP contribution in [0.3, 0.4) is 0 Å². The highest BCUT2D eigenvalue weighted by Gasteiger charge is 2.33. The van der Waals surface area contributed by atoms with E-state index >= 15 is 0 Å². The van der Waals surface area contributed by atoms with Crippen LogP contribution in [-0.2, 0) is 14.6 Å². The molecule has 2 aliphatic rings. The number of likely N-dealkylation sites (tertiary alicyclic amines) is 1. The number of likely N-dealkylation sites (N-methyl/N-ethyl adjacent to an activating group) is 1. The number of aromatic amines is 1. The molecule has 23 heavy (non-hydrogen) atoms. The third-order valence-electron chi connectivity index (χ3n) is 5.06. The molecule has 3 rings (SSSR count). The molecule has 1 atom stereocenters. The molecule has 0 radical (unpaired) electrons. The van der Waals surface area contributed by atoms with E-state index in [0.717, 1.165) is 25.9 Å². The number of nitrogens with one attached hydrogen (secondary N) is 1. The van der Waals surface area contributed by atoms with E-state index in [1.165, 1.54) is 5.69 Å². The minimum atomic E-state index is -2.96. The minimum Gasteiger partial charge on any atom is -0.341 e. The standard InChI is InChI=1S/C15H24N4O3S/c1-18(13-5-9-23(21,22)11-13)15(20)10-19-7-3-12(4-8-19)14-2-6-16-17-14/h2,6,12-13H,3-5,7-11H2,1H3,(H,16,17). The number of sulfone groups is 1. The third kappa shape index (κ3) is 3.92. The third-order valence-corrected chi connectivity index (χ3v) is 6.81. The maximum absolute atomic E-state index is 12.4. The first-order valence-corrected chi connectivity index (χ1v) is 9.94. The van der Waals surface area contributed by atoms with Crippen molar-refractivity contribution in [3.05, 3.63) is 18.0 Å². The Morgan fingerprint density at radius 1 is 1.39 bits per heavy atom. The van der Waals surface area contributed by atoms with Gasteiger partial charge in [-0.2, -0.15) is 5.10 Å². The van der Waals surface area contributed by atoms with E-state index in [9.17, 15) is 13.2 Å². The zero-order valence-corrected chi connectivity index (χ0v) is 14.3. The summed E-state index contributed by atoms with van der Waals surface area (Å²) in [6, 6.07) is 1.86. The summed E-state index contributed by atoms with van der Waals surface area (Å²) >= 11 is 0. The van der Waals surface area contributed by atoms with Gasteiger partial charge < -0.3 is 4.90 Å². The lowest BCUT2D eigenvalue weighted by Crippen LogP contribution is -2.45. The van der Waals surface area contributed by atoms with Gasteiger partial charge in [0.15, 0.2) is 9.84 Å². The molecule has 2 aliphatic heterocycles. The van der Waals surface area contributed by atoms with Crippen molar-refractivity contribution in [2.75, 3.05) is 38.2 Å². The predicted molar refractivity (Wildman–Crippen MR) is 86.8 cm³/mol. The largest absolute Gasteiger partial charge is 0.341 e. The van der Waals surface area contributed by atoms with E-state index in [0.29, 0.717) is 18.9 Å². The monoisotopic (exact) mass is 340 g/mol. The van der Waals surface area contributed by atoms with Gasteiger partial charge in [-0.1, -0.05) is 0 Å². The molecule has 0 spiro atoms. The second kappa shape index (κ2) is 6.60. The number of nitrogens with zero attached hydrogens (tertiary/aromatic N) is 3. The summed E-state index contributed by atoms with van der Waals surface area (Å²) in [5.74, 6) is 0.816. The highest BCUT2D eigenvalue weighted by Crippen LogP contribution is 2.26. The minimum absolute atomic E-state index is 0.0205. The molecule has 1 aromatic heterocycles. The summed E-state index contributed by atoms with van der Waals surface area (Å²) in [7, 11) is -1.23. The predicted octanol–water partition coefficient (Wildman–Crippen LogP) is 0.235. The zero-order valence-electron chi connectivity index (χ0n) is 13.4. The Hall–Kier alpha value is -1.41. The molecular weight excluding hydrogens is 316 g/mol. The van der Waals surface area contributed by atoms with E-state index in [1.807, 2.05) is 6.07 Å². The topological polar surface area (TPSA) is 86.4 Å². The Morgan fingerprint density at radius 2 is 2.13 bits per heavy atom. The van der Waals surface area contributed by atoms with Crippen LogP contribution in [0.25, 0.3) is 0 Å². The number of aromatic nitrogens is 2. The van der Waals surface area contributed by atoms with Crippen LogP contribution in [0.4, 0.5) is 0 Å². The maximum Gasteiger partial charge on any atom is 0.236 e. The van der Waals surface area contributed by atoms with Crippen molar-refractivity contribution in [2.24, 2.45) is 0 Å². The SMILES string of the molecule is CN(C(=O)CN1CCC(c2ccn[nH]2)CC1)C1CCS(=O)(=O)C1. The molecule has 2 saturated heterocycles. The number of H-pyrrole nitrogens is 1.